The van der Waals surface area contributed by atoms with Gasteiger partial charge < -0.3 is 10.2 Å². The number of anilines is 1. The van der Waals surface area contributed by atoms with E-state index in [9.17, 15) is 4.39 Å². The minimum atomic E-state index is -0.200. The molecule has 1 N–H and O–H groups in total. The van der Waals surface area contributed by atoms with Crippen LogP contribution in [0.15, 0.2) is 42.5 Å². The van der Waals surface area contributed by atoms with E-state index >= 15 is 0 Å². The first kappa shape index (κ1) is 18.8. The molecule has 0 unspecified atom stereocenters. The number of aryl methyl sites for hydroxylation is 2. The van der Waals surface area contributed by atoms with Crippen LogP contribution in [0.3, 0.4) is 0 Å². The highest BCUT2D eigenvalue weighted by molar-refractivity contribution is 7.80. The molecule has 0 atom stereocenters. The van der Waals surface area contributed by atoms with Gasteiger partial charge in [-0.1, -0.05) is 49.6 Å². The summed E-state index contributed by atoms with van der Waals surface area (Å²) in [4.78, 5) is 2.30. The maximum atomic E-state index is 13.3. The molecular formula is C22H27FN2S. The largest absolute Gasteiger partial charge is 0.342 e. The number of nitrogens with one attached hydrogen (secondary N) is 1. The fraction of sp³-hybridized carbons (Fsp3) is 0.409. The number of benzene rings is 2. The average Bonchev–Trinajstić information content (AvgIpc) is 2.65. The fourth-order valence-electron chi connectivity index (χ4n) is 3.74. The molecule has 0 amide bonds. The highest BCUT2D eigenvalue weighted by atomic mass is 32.1. The van der Waals surface area contributed by atoms with Gasteiger partial charge in [0.15, 0.2) is 5.11 Å². The third kappa shape index (κ3) is 4.61. The number of rotatable bonds is 4. The molecule has 138 valence electrons. The lowest BCUT2D eigenvalue weighted by atomic mass is 9.94. The summed E-state index contributed by atoms with van der Waals surface area (Å²) in [6.45, 7) is 4.91. The predicted molar refractivity (Wildman–Crippen MR) is 111 cm³/mol. The Hall–Kier alpha value is -1.94. The van der Waals surface area contributed by atoms with Crippen molar-refractivity contribution in [2.45, 2.75) is 58.5 Å². The maximum absolute atomic E-state index is 13.3. The topological polar surface area (TPSA) is 15.3 Å². The summed E-state index contributed by atoms with van der Waals surface area (Å²) in [6, 6.07) is 13.5. The smallest absolute Gasteiger partial charge is 0.173 e. The molecule has 2 aromatic carbocycles. The number of thiocarbonyl (C=S) groups is 1. The maximum Gasteiger partial charge on any atom is 0.173 e. The number of hydrogen-bond donors (Lipinski definition) is 1. The van der Waals surface area contributed by atoms with Crippen LogP contribution < -0.4 is 5.32 Å². The summed E-state index contributed by atoms with van der Waals surface area (Å²) in [7, 11) is 0. The van der Waals surface area contributed by atoms with Crippen molar-refractivity contribution in [3.63, 3.8) is 0 Å². The van der Waals surface area contributed by atoms with Crippen LogP contribution in [0.1, 0.15) is 48.8 Å². The third-order valence-electron chi connectivity index (χ3n) is 5.26. The van der Waals surface area contributed by atoms with Crippen LogP contribution >= 0.6 is 12.2 Å². The van der Waals surface area contributed by atoms with Crippen molar-refractivity contribution in [1.82, 2.24) is 4.90 Å². The van der Waals surface area contributed by atoms with E-state index in [0.29, 0.717) is 12.6 Å². The van der Waals surface area contributed by atoms with Crippen molar-refractivity contribution in [3.8, 4) is 0 Å². The molecule has 0 spiro atoms. The Labute approximate surface area is 161 Å². The first-order valence-corrected chi connectivity index (χ1v) is 9.83. The molecule has 2 aromatic rings. The molecule has 0 saturated heterocycles. The molecule has 0 radical (unpaired) electrons. The van der Waals surface area contributed by atoms with Crippen molar-refractivity contribution in [3.05, 3.63) is 65.0 Å². The summed E-state index contributed by atoms with van der Waals surface area (Å²) >= 11 is 5.82. The van der Waals surface area contributed by atoms with Crippen LogP contribution in [0.5, 0.6) is 0 Å². The number of halogens is 1. The van der Waals surface area contributed by atoms with Gasteiger partial charge in [0, 0.05) is 18.3 Å². The van der Waals surface area contributed by atoms with E-state index in [1.54, 1.807) is 0 Å². The van der Waals surface area contributed by atoms with Gasteiger partial charge in [-0.3, -0.25) is 0 Å². The second kappa shape index (κ2) is 8.63. The summed E-state index contributed by atoms with van der Waals surface area (Å²) < 4.78 is 13.3. The quantitative estimate of drug-likeness (QED) is 0.667. The number of hydrogen-bond acceptors (Lipinski definition) is 1. The van der Waals surface area contributed by atoms with E-state index < -0.39 is 0 Å². The summed E-state index contributed by atoms with van der Waals surface area (Å²) in [5, 5.41) is 4.25. The zero-order valence-electron chi connectivity index (χ0n) is 15.6. The third-order valence-corrected chi connectivity index (χ3v) is 5.59. The minimum Gasteiger partial charge on any atom is -0.342 e. The Morgan fingerprint density at radius 1 is 1.04 bits per heavy atom. The lowest BCUT2D eigenvalue weighted by Crippen LogP contribution is -2.43. The summed E-state index contributed by atoms with van der Waals surface area (Å²) in [6.07, 6.45) is 6.12. The van der Waals surface area contributed by atoms with Crippen LogP contribution in [0, 0.1) is 19.7 Å². The van der Waals surface area contributed by atoms with Gasteiger partial charge >= 0.3 is 0 Å². The Bertz CT molecular complexity index is 731. The highest BCUT2D eigenvalue weighted by Gasteiger charge is 2.24. The molecule has 2 nitrogen and oxygen atoms in total. The van der Waals surface area contributed by atoms with E-state index in [-0.39, 0.29) is 5.82 Å². The van der Waals surface area contributed by atoms with Gasteiger partial charge in [0.25, 0.3) is 0 Å². The van der Waals surface area contributed by atoms with E-state index in [2.05, 4.69) is 42.3 Å². The molecule has 0 aromatic heterocycles. The Balaban J connectivity index is 1.81. The molecule has 4 heteroatoms. The zero-order valence-corrected chi connectivity index (χ0v) is 16.4. The fourth-order valence-corrected chi connectivity index (χ4v) is 4.05. The Morgan fingerprint density at radius 2 is 1.65 bits per heavy atom. The summed E-state index contributed by atoms with van der Waals surface area (Å²) in [5.41, 5.74) is 4.57. The van der Waals surface area contributed by atoms with E-state index in [1.165, 1.54) is 42.5 Å². The lowest BCUT2D eigenvalue weighted by Gasteiger charge is -2.37. The van der Waals surface area contributed by atoms with E-state index in [1.807, 2.05) is 12.1 Å². The predicted octanol–water partition coefficient (Wildman–Crippen LogP) is 5.97. The van der Waals surface area contributed by atoms with Gasteiger partial charge in [-0.15, -0.1) is 0 Å². The number of nitrogens with zero attached hydrogens (tertiary/aromatic N) is 1. The van der Waals surface area contributed by atoms with Crippen LogP contribution in [0.25, 0.3) is 0 Å². The van der Waals surface area contributed by atoms with Crippen molar-refractivity contribution in [2.24, 2.45) is 0 Å². The second-order valence-electron chi connectivity index (χ2n) is 7.24. The molecule has 0 bridgehead atoms. The zero-order chi connectivity index (χ0) is 18.5. The molecule has 26 heavy (non-hydrogen) atoms. The highest BCUT2D eigenvalue weighted by Crippen LogP contribution is 2.26. The lowest BCUT2D eigenvalue weighted by molar-refractivity contribution is 0.240. The van der Waals surface area contributed by atoms with Crippen molar-refractivity contribution >= 4 is 23.0 Å². The van der Waals surface area contributed by atoms with Gasteiger partial charge in [-0.2, -0.15) is 0 Å². The van der Waals surface area contributed by atoms with E-state index in [0.717, 1.165) is 29.2 Å². The van der Waals surface area contributed by atoms with Crippen LogP contribution in [-0.4, -0.2) is 16.1 Å². The van der Waals surface area contributed by atoms with E-state index in [4.69, 9.17) is 12.2 Å². The molecular weight excluding hydrogens is 343 g/mol. The molecule has 1 fully saturated rings. The first-order valence-electron chi connectivity index (χ1n) is 9.43. The first-order chi connectivity index (χ1) is 12.5. The molecule has 3 rings (SSSR count). The molecule has 1 aliphatic carbocycles. The van der Waals surface area contributed by atoms with Crippen molar-refractivity contribution in [2.75, 3.05) is 5.32 Å². The van der Waals surface area contributed by atoms with Crippen LogP contribution in [0.2, 0.25) is 0 Å². The van der Waals surface area contributed by atoms with Gasteiger partial charge in [0.2, 0.25) is 0 Å². The molecule has 0 heterocycles. The summed E-state index contributed by atoms with van der Waals surface area (Å²) in [5.74, 6) is -0.200. The van der Waals surface area contributed by atoms with Gasteiger partial charge in [-0.25, -0.2) is 4.39 Å². The molecule has 0 aliphatic heterocycles. The minimum absolute atomic E-state index is 0.200. The second-order valence-corrected chi connectivity index (χ2v) is 7.63. The monoisotopic (exact) mass is 370 g/mol. The molecule has 1 saturated carbocycles. The van der Waals surface area contributed by atoms with Gasteiger partial charge in [-0.05, 0) is 67.7 Å². The average molecular weight is 371 g/mol. The van der Waals surface area contributed by atoms with Crippen molar-refractivity contribution < 1.29 is 4.39 Å². The Kier molecular flexibility index (Phi) is 6.25. The SMILES string of the molecule is Cc1cccc(C)c1NC(=S)N(Cc1ccc(F)cc1)C1CCCCC1. The van der Waals surface area contributed by atoms with Crippen LogP contribution in [-0.2, 0) is 6.54 Å². The van der Waals surface area contributed by atoms with Gasteiger partial charge in [0.05, 0.1) is 0 Å². The normalized spacial score (nSPS) is 14.9. The van der Waals surface area contributed by atoms with Crippen LogP contribution in [0.4, 0.5) is 10.1 Å². The number of para-hydroxylation sites is 1. The van der Waals surface area contributed by atoms with Crippen molar-refractivity contribution in [1.29, 1.82) is 0 Å². The standard InChI is InChI=1S/C22H27FN2S/c1-16-7-6-8-17(2)21(16)24-22(26)25(20-9-4-3-5-10-20)15-18-11-13-19(23)14-12-18/h6-8,11-14,20H,3-5,9-10,15H2,1-2H3,(H,24,26). The van der Waals surface area contributed by atoms with Gasteiger partial charge in [0.1, 0.15) is 5.82 Å². The Morgan fingerprint density at radius 3 is 2.27 bits per heavy atom. The molecule has 1 aliphatic rings.